The molecule has 1 nitrogen and oxygen atoms in total. The molecule has 0 heterocycles. The van der Waals surface area contributed by atoms with Gasteiger partial charge in [0, 0.05) is 12.8 Å². The minimum absolute atomic E-state index is 0. The summed E-state index contributed by atoms with van der Waals surface area (Å²) >= 11 is 0. The van der Waals surface area contributed by atoms with E-state index in [0.29, 0.717) is 16.6 Å². The van der Waals surface area contributed by atoms with Gasteiger partial charge in [-0.15, -0.1) is 0 Å². The van der Waals surface area contributed by atoms with Gasteiger partial charge in [0.15, 0.2) is 0 Å². The molecule has 0 radical (unpaired) electrons. The second-order valence-corrected chi connectivity index (χ2v) is 9.57. The third kappa shape index (κ3) is 9.04. The van der Waals surface area contributed by atoms with Crippen molar-refractivity contribution in [3.05, 3.63) is 12.2 Å². The molecule has 0 N–H and O–H groups in total. The van der Waals surface area contributed by atoms with Crippen LogP contribution in [0.5, 0.6) is 0 Å². The van der Waals surface area contributed by atoms with Gasteiger partial charge in [-0.2, -0.15) is 0 Å². The molecule has 0 saturated heterocycles. The summed E-state index contributed by atoms with van der Waals surface area (Å²) < 4.78 is 0. The van der Waals surface area contributed by atoms with E-state index in [9.17, 15) is 4.79 Å². The van der Waals surface area contributed by atoms with E-state index in [1.165, 1.54) is 31.3 Å². The molecule has 0 unspecified atom stereocenters. The highest BCUT2D eigenvalue weighted by Crippen LogP contribution is 2.39. The van der Waals surface area contributed by atoms with Crippen molar-refractivity contribution < 1.29 is 4.79 Å². The van der Waals surface area contributed by atoms with Gasteiger partial charge >= 0.3 is 0 Å². The minimum Gasteiger partial charge on any atom is -0.300 e. The van der Waals surface area contributed by atoms with E-state index in [-0.39, 0.29) is 14.9 Å². The van der Waals surface area contributed by atoms with E-state index in [4.69, 9.17) is 0 Å². The topological polar surface area (TPSA) is 17.1 Å². The van der Waals surface area contributed by atoms with E-state index in [1.807, 2.05) is 0 Å². The fraction of sp³-hybridized carbons (Fsp3) is 0.870. The van der Waals surface area contributed by atoms with Gasteiger partial charge in [-0.1, -0.05) is 68.5 Å². The first-order valence-electron chi connectivity index (χ1n) is 9.18. The summed E-state index contributed by atoms with van der Waals surface area (Å²) in [6.45, 7) is 17.9. The molecule has 2 saturated carbocycles. The lowest BCUT2D eigenvalue weighted by molar-refractivity contribution is -0.121. The predicted molar refractivity (Wildman–Crippen MR) is 110 cm³/mol. The lowest BCUT2D eigenvalue weighted by Crippen LogP contribution is -2.25. The van der Waals surface area contributed by atoms with Crippen LogP contribution in [0.2, 0.25) is 0 Å². The molecule has 0 aliphatic heterocycles. The predicted octanol–water partition coefficient (Wildman–Crippen LogP) is 7.84. The van der Waals surface area contributed by atoms with Crippen molar-refractivity contribution in [2.75, 3.05) is 0 Å². The van der Waals surface area contributed by atoms with Gasteiger partial charge in [-0.25, -0.2) is 0 Å². The molecule has 0 atom stereocenters. The molecule has 2 fully saturated rings. The van der Waals surface area contributed by atoms with Crippen LogP contribution in [0.4, 0.5) is 0 Å². The number of hydrogen-bond donors (Lipinski definition) is 0. The Hall–Kier alpha value is -0.590. The normalized spacial score (nSPS) is 20.4. The van der Waals surface area contributed by atoms with Crippen LogP contribution in [0.25, 0.3) is 0 Å². The minimum atomic E-state index is 0. The Kier molecular flexibility index (Phi) is 11.1. The summed E-state index contributed by atoms with van der Waals surface area (Å²) in [6.07, 6.45) is 9.13. The van der Waals surface area contributed by atoms with Crippen molar-refractivity contribution >= 4 is 5.78 Å². The summed E-state index contributed by atoms with van der Waals surface area (Å²) in [5, 5.41) is 0. The summed E-state index contributed by atoms with van der Waals surface area (Å²) in [6, 6.07) is 0. The van der Waals surface area contributed by atoms with Crippen LogP contribution in [-0.4, -0.2) is 5.78 Å². The molecule has 1 heteroatoms. The third-order valence-electron chi connectivity index (χ3n) is 5.69. The second kappa shape index (κ2) is 10.4. The van der Waals surface area contributed by atoms with E-state index >= 15 is 0 Å². The highest BCUT2D eigenvalue weighted by atomic mass is 16.1. The number of allylic oxidation sites excluding steroid dienone is 1. The van der Waals surface area contributed by atoms with Crippen LogP contribution in [0.15, 0.2) is 12.2 Å². The molecular formula is C23H46O. The largest absolute Gasteiger partial charge is 0.300 e. The van der Waals surface area contributed by atoms with Crippen LogP contribution >= 0.6 is 0 Å². The van der Waals surface area contributed by atoms with Gasteiger partial charge in [0.2, 0.25) is 0 Å². The summed E-state index contributed by atoms with van der Waals surface area (Å²) in [5.41, 5.74) is 2.38. The van der Waals surface area contributed by atoms with Gasteiger partial charge in [0.1, 0.15) is 5.78 Å². The van der Waals surface area contributed by atoms with Crippen molar-refractivity contribution in [2.45, 2.75) is 108 Å². The first-order valence-corrected chi connectivity index (χ1v) is 9.18. The maximum Gasteiger partial charge on any atom is 0.132 e. The molecule has 2 rings (SSSR count). The van der Waals surface area contributed by atoms with Crippen LogP contribution < -0.4 is 0 Å². The van der Waals surface area contributed by atoms with Crippen LogP contribution in [0.1, 0.15) is 108 Å². The number of carbonyl (C=O) groups excluding carboxylic acids is 1. The van der Waals surface area contributed by atoms with Gasteiger partial charge in [0.25, 0.3) is 0 Å². The summed E-state index contributed by atoms with van der Waals surface area (Å²) in [7, 11) is 0. The Morgan fingerprint density at radius 1 is 0.708 bits per heavy atom. The average Bonchev–Trinajstić information content (AvgIpc) is 2.38. The van der Waals surface area contributed by atoms with Gasteiger partial charge < -0.3 is 0 Å². The van der Waals surface area contributed by atoms with E-state index in [1.54, 1.807) is 0 Å². The first kappa shape index (κ1) is 25.6. The standard InChI is InChI=1S/C11H20.C10H18O.2CH4/c1-9-5-7-10(8-6-9)11(2,3)4;1-10(2,3)8-4-6-9(11)7-5-8;;/h10H,1,5-8H2,2-4H3;8H,4-7H2,1-3H3;2*1H4. The lowest BCUT2D eigenvalue weighted by Gasteiger charge is -2.34. The summed E-state index contributed by atoms with van der Waals surface area (Å²) in [4.78, 5) is 10.9. The Bertz CT molecular complexity index is 320. The molecule has 24 heavy (non-hydrogen) atoms. The number of ketones is 1. The van der Waals surface area contributed by atoms with Gasteiger partial charge in [-0.3, -0.25) is 4.79 Å². The summed E-state index contributed by atoms with van der Waals surface area (Å²) in [5.74, 6) is 2.15. The maximum absolute atomic E-state index is 10.9. The number of carbonyl (C=O) groups is 1. The lowest BCUT2D eigenvalue weighted by atomic mass is 9.71. The molecule has 2 aliphatic carbocycles. The van der Waals surface area contributed by atoms with Gasteiger partial charge in [0.05, 0.1) is 0 Å². The second-order valence-electron chi connectivity index (χ2n) is 9.57. The van der Waals surface area contributed by atoms with Crippen molar-refractivity contribution in [3.8, 4) is 0 Å². The molecule has 2 aliphatic rings. The fourth-order valence-corrected chi connectivity index (χ4v) is 3.70. The van der Waals surface area contributed by atoms with Crippen molar-refractivity contribution in [3.63, 3.8) is 0 Å². The Balaban J connectivity index is 0. The number of Topliss-reactive ketones (excluding diaryl/α,β-unsaturated/α-hetero) is 1. The first-order chi connectivity index (χ1) is 10.00. The van der Waals surface area contributed by atoms with Crippen LogP contribution in [0, 0.1) is 22.7 Å². The monoisotopic (exact) mass is 338 g/mol. The van der Waals surface area contributed by atoms with Crippen LogP contribution in [-0.2, 0) is 4.79 Å². The molecule has 0 amide bonds. The zero-order valence-corrected chi connectivity index (χ0v) is 15.9. The molecule has 0 aromatic rings. The maximum atomic E-state index is 10.9. The quantitative estimate of drug-likeness (QED) is 0.411. The smallest absolute Gasteiger partial charge is 0.132 e. The van der Waals surface area contributed by atoms with Crippen LogP contribution in [0.3, 0.4) is 0 Å². The highest BCUT2D eigenvalue weighted by Gasteiger charge is 2.28. The number of hydrogen-bond acceptors (Lipinski definition) is 1. The SMILES string of the molecule is C.C.C=C1CCC(C(C)(C)C)CC1.CC(C)(C)C1CCC(=O)CC1. The molecular weight excluding hydrogens is 292 g/mol. The highest BCUT2D eigenvalue weighted by molar-refractivity contribution is 5.79. The molecule has 144 valence electrons. The average molecular weight is 339 g/mol. The number of rotatable bonds is 0. The zero-order valence-electron chi connectivity index (χ0n) is 15.9. The Morgan fingerprint density at radius 3 is 1.29 bits per heavy atom. The van der Waals surface area contributed by atoms with E-state index in [2.05, 4.69) is 48.1 Å². The zero-order chi connectivity index (χ0) is 17.0. The molecule has 0 spiro atoms. The molecule has 0 aromatic heterocycles. The van der Waals surface area contributed by atoms with Crippen molar-refractivity contribution in [1.82, 2.24) is 0 Å². The van der Waals surface area contributed by atoms with Crippen molar-refractivity contribution in [1.29, 1.82) is 0 Å². The van der Waals surface area contributed by atoms with E-state index in [0.717, 1.165) is 37.5 Å². The van der Waals surface area contributed by atoms with Gasteiger partial charge in [-0.05, 0) is 61.2 Å². The van der Waals surface area contributed by atoms with Crippen molar-refractivity contribution in [2.24, 2.45) is 22.7 Å². The van der Waals surface area contributed by atoms with E-state index < -0.39 is 0 Å². The Labute approximate surface area is 153 Å². The Morgan fingerprint density at radius 2 is 1.00 bits per heavy atom. The molecule has 0 aromatic carbocycles. The fourth-order valence-electron chi connectivity index (χ4n) is 3.70. The molecule has 0 bridgehead atoms. The third-order valence-corrected chi connectivity index (χ3v) is 5.69.